The maximum Gasteiger partial charge on any atom is 0.271 e. The number of nitrogens with two attached hydrogens (primary N) is 1. The first-order valence-electron chi connectivity index (χ1n) is 3.09. The van der Waals surface area contributed by atoms with Crippen molar-refractivity contribution in [3.63, 3.8) is 0 Å². The van der Waals surface area contributed by atoms with Gasteiger partial charge >= 0.3 is 0 Å². The number of nitrogens with zero attached hydrogens (tertiary/aromatic N) is 2. The van der Waals surface area contributed by atoms with Crippen molar-refractivity contribution in [3.05, 3.63) is 36.9 Å². The molecule has 0 atom stereocenters. The molecule has 2 heterocycles. The molecule has 10 heavy (non-hydrogen) atoms. The maximum atomic E-state index is 5.48. The van der Waals surface area contributed by atoms with Crippen molar-refractivity contribution in [1.29, 1.82) is 0 Å². The SMILES string of the molecule is N[n+]1ccc2cccn2c1. The van der Waals surface area contributed by atoms with Gasteiger partial charge in [0.1, 0.15) is 11.7 Å². The Morgan fingerprint density at radius 1 is 1.40 bits per heavy atom. The van der Waals surface area contributed by atoms with Crippen molar-refractivity contribution in [2.75, 3.05) is 5.84 Å². The largest absolute Gasteiger partial charge is 0.271 e. The first-order valence-corrected chi connectivity index (χ1v) is 3.09. The molecule has 0 spiro atoms. The van der Waals surface area contributed by atoms with E-state index in [1.54, 1.807) is 0 Å². The normalized spacial score (nSPS) is 10.4. The van der Waals surface area contributed by atoms with Crippen molar-refractivity contribution in [3.8, 4) is 0 Å². The van der Waals surface area contributed by atoms with Gasteiger partial charge in [0.25, 0.3) is 6.33 Å². The van der Waals surface area contributed by atoms with Gasteiger partial charge in [-0.1, -0.05) is 0 Å². The Morgan fingerprint density at radius 3 is 3.20 bits per heavy atom. The molecule has 3 heteroatoms. The number of nitrogen functional groups attached to an aromatic ring is 1. The van der Waals surface area contributed by atoms with E-state index in [1.165, 1.54) is 4.68 Å². The van der Waals surface area contributed by atoms with Crippen molar-refractivity contribution in [2.24, 2.45) is 0 Å². The van der Waals surface area contributed by atoms with E-state index in [1.807, 2.05) is 41.3 Å². The van der Waals surface area contributed by atoms with E-state index in [0.717, 1.165) is 5.52 Å². The summed E-state index contributed by atoms with van der Waals surface area (Å²) in [5.41, 5.74) is 1.15. The van der Waals surface area contributed by atoms with E-state index in [-0.39, 0.29) is 0 Å². The van der Waals surface area contributed by atoms with E-state index in [2.05, 4.69) is 0 Å². The maximum absolute atomic E-state index is 5.48. The summed E-state index contributed by atoms with van der Waals surface area (Å²) in [6, 6.07) is 5.97. The zero-order chi connectivity index (χ0) is 6.97. The molecule has 2 aromatic rings. The van der Waals surface area contributed by atoms with Crippen LogP contribution >= 0.6 is 0 Å². The van der Waals surface area contributed by atoms with Crippen LogP contribution in [-0.4, -0.2) is 4.40 Å². The Labute approximate surface area is 58.3 Å². The third-order valence-electron chi connectivity index (χ3n) is 1.49. The quantitative estimate of drug-likeness (QED) is 0.397. The lowest BCUT2D eigenvalue weighted by Gasteiger charge is -1.88. The second-order valence-corrected chi connectivity index (χ2v) is 2.22. The summed E-state index contributed by atoms with van der Waals surface area (Å²) in [5.74, 6) is 5.48. The van der Waals surface area contributed by atoms with E-state index in [9.17, 15) is 0 Å². The van der Waals surface area contributed by atoms with Gasteiger partial charge in [-0.25, -0.2) is 4.40 Å². The third kappa shape index (κ3) is 0.639. The topological polar surface area (TPSA) is 34.3 Å². The standard InChI is InChI=1S/C7H8N3/c8-10-5-3-7-2-1-4-9(7)6-10/h1-6H,8H2/q+1. The molecule has 0 radical (unpaired) electrons. The van der Waals surface area contributed by atoms with Crippen LogP contribution in [0.4, 0.5) is 0 Å². The molecule has 2 rings (SSSR count). The zero-order valence-corrected chi connectivity index (χ0v) is 5.44. The molecule has 0 aliphatic heterocycles. The van der Waals surface area contributed by atoms with Crippen LogP contribution in [0.3, 0.4) is 0 Å². The van der Waals surface area contributed by atoms with E-state index >= 15 is 0 Å². The molecule has 50 valence electrons. The Morgan fingerprint density at radius 2 is 2.30 bits per heavy atom. The zero-order valence-electron chi connectivity index (χ0n) is 5.44. The minimum absolute atomic E-state index is 1.15. The van der Waals surface area contributed by atoms with Crippen LogP contribution in [0.15, 0.2) is 36.9 Å². The van der Waals surface area contributed by atoms with Crippen molar-refractivity contribution >= 4 is 5.52 Å². The fourth-order valence-electron chi connectivity index (χ4n) is 0.998. The summed E-state index contributed by atoms with van der Waals surface area (Å²) in [4.78, 5) is 0. The Bertz CT molecular complexity index is 350. The summed E-state index contributed by atoms with van der Waals surface area (Å²) < 4.78 is 3.48. The van der Waals surface area contributed by atoms with Crippen LogP contribution in [-0.2, 0) is 0 Å². The van der Waals surface area contributed by atoms with Gasteiger partial charge in [-0.15, -0.1) is 4.68 Å². The highest BCUT2D eigenvalue weighted by atomic mass is 15.3. The summed E-state index contributed by atoms with van der Waals surface area (Å²) >= 11 is 0. The molecule has 0 aromatic carbocycles. The first kappa shape index (κ1) is 5.29. The summed E-state index contributed by atoms with van der Waals surface area (Å²) in [6.07, 6.45) is 5.59. The van der Waals surface area contributed by atoms with Gasteiger partial charge in [-0.3, -0.25) is 5.84 Å². The minimum Gasteiger partial charge on any atom is -0.269 e. The Kier molecular flexibility index (Phi) is 0.917. The second-order valence-electron chi connectivity index (χ2n) is 2.22. The molecule has 0 fully saturated rings. The van der Waals surface area contributed by atoms with Crippen LogP contribution in [0.2, 0.25) is 0 Å². The summed E-state index contributed by atoms with van der Waals surface area (Å²) in [7, 11) is 0. The Balaban J connectivity index is 2.86. The van der Waals surface area contributed by atoms with Crippen LogP contribution in [0.25, 0.3) is 5.52 Å². The molecular weight excluding hydrogens is 126 g/mol. The number of fused-ring (bicyclic) bond motifs is 1. The van der Waals surface area contributed by atoms with Crippen LogP contribution in [0.5, 0.6) is 0 Å². The van der Waals surface area contributed by atoms with Gasteiger partial charge in [0.05, 0.1) is 6.20 Å². The molecule has 3 nitrogen and oxygen atoms in total. The lowest BCUT2D eigenvalue weighted by molar-refractivity contribution is -0.642. The van der Waals surface area contributed by atoms with Crippen LogP contribution < -0.4 is 10.5 Å². The fourth-order valence-corrected chi connectivity index (χ4v) is 0.998. The smallest absolute Gasteiger partial charge is 0.269 e. The highest BCUT2D eigenvalue weighted by Crippen LogP contribution is 1.98. The second kappa shape index (κ2) is 1.73. The van der Waals surface area contributed by atoms with Crippen LogP contribution in [0, 0.1) is 0 Å². The lowest BCUT2D eigenvalue weighted by Crippen LogP contribution is -2.44. The van der Waals surface area contributed by atoms with E-state index < -0.39 is 0 Å². The predicted octanol–water partition coefficient (Wildman–Crippen LogP) is -0.0594. The molecule has 0 amide bonds. The average molecular weight is 134 g/mol. The first-order chi connectivity index (χ1) is 4.86. The highest BCUT2D eigenvalue weighted by molar-refractivity contribution is 5.44. The van der Waals surface area contributed by atoms with Gasteiger partial charge < -0.3 is 0 Å². The minimum atomic E-state index is 1.15. The number of hydrogen-bond donors (Lipinski definition) is 1. The molecule has 2 N–H and O–H groups in total. The fraction of sp³-hybridized carbons (Fsp3) is 0. The van der Waals surface area contributed by atoms with E-state index in [0.29, 0.717) is 0 Å². The molecular formula is C7H8N3+. The molecule has 0 aliphatic carbocycles. The molecule has 0 unspecified atom stereocenters. The van der Waals surface area contributed by atoms with Crippen molar-refractivity contribution < 1.29 is 4.68 Å². The summed E-state index contributed by atoms with van der Waals surface area (Å²) in [5, 5.41) is 0. The number of rotatable bonds is 0. The number of aromatic nitrogens is 2. The van der Waals surface area contributed by atoms with Gasteiger partial charge in [-0.2, -0.15) is 0 Å². The highest BCUT2D eigenvalue weighted by Gasteiger charge is 1.96. The summed E-state index contributed by atoms with van der Waals surface area (Å²) in [6.45, 7) is 0. The van der Waals surface area contributed by atoms with E-state index in [4.69, 9.17) is 5.84 Å². The van der Waals surface area contributed by atoms with Gasteiger partial charge in [0.2, 0.25) is 0 Å². The molecule has 0 saturated heterocycles. The monoisotopic (exact) mass is 134 g/mol. The van der Waals surface area contributed by atoms with Gasteiger partial charge in [-0.05, 0) is 12.1 Å². The molecule has 0 saturated carbocycles. The average Bonchev–Trinajstić information content (AvgIpc) is 2.33. The lowest BCUT2D eigenvalue weighted by atomic mass is 10.5. The van der Waals surface area contributed by atoms with Gasteiger partial charge in [0, 0.05) is 6.07 Å². The van der Waals surface area contributed by atoms with Crippen LogP contribution in [0.1, 0.15) is 0 Å². The molecule has 0 aliphatic rings. The third-order valence-corrected chi connectivity index (χ3v) is 1.49. The molecule has 2 aromatic heterocycles. The molecule has 0 bridgehead atoms. The van der Waals surface area contributed by atoms with Crippen molar-refractivity contribution in [2.45, 2.75) is 0 Å². The Hall–Kier alpha value is -1.51. The van der Waals surface area contributed by atoms with Gasteiger partial charge in [0.15, 0.2) is 0 Å². The number of hydrogen-bond acceptors (Lipinski definition) is 1. The predicted molar refractivity (Wildman–Crippen MR) is 37.7 cm³/mol. The van der Waals surface area contributed by atoms with Crippen molar-refractivity contribution in [1.82, 2.24) is 4.40 Å².